The number of nitrogens with one attached hydrogen (secondary N) is 1. The predicted octanol–water partition coefficient (Wildman–Crippen LogP) is 2.89. The number of benzene rings is 1. The van der Waals surface area contributed by atoms with Crippen molar-refractivity contribution in [3.05, 3.63) is 35.4 Å². The maximum Gasteiger partial charge on any atom is 0.307 e. The van der Waals surface area contributed by atoms with Gasteiger partial charge in [0.2, 0.25) is 0 Å². The summed E-state index contributed by atoms with van der Waals surface area (Å²) in [6, 6.07) is 7.03. The smallest absolute Gasteiger partial charge is 0.307 e. The summed E-state index contributed by atoms with van der Waals surface area (Å²) in [5, 5.41) is 3.22. The molecule has 1 aromatic rings. The third-order valence-electron chi connectivity index (χ3n) is 3.43. The highest BCUT2D eigenvalue weighted by atomic mass is 16.5. The highest BCUT2D eigenvalue weighted by molar-refractivity contribution is 6.01. The van der Waals surface area contributed by atoms with Crippen molar-refractivity contribution < 1.29 is 14.3 Å². The molecule has 0 saturated heterocycles. The first kappa shape index (κ1) is 17.4. The monoisotopic (exact) mass is 291 g/mol. The van der Waals surface area contributed by atoms with Gasteiger partial charge in [0.1, 0.15) is 0 Å². The Bertz CT molecular complexity index is 467. The van der Waals surface area contributed by atoms with E-state index >= 15 is 0 Å². The van der Waals surface area contributed by atoms with Gasteiger partial charge in [0.25, 0.3) is 0 Å². The minimum Gasteiger partial charge on any atom is -0.466 e. The Labute approximate surface area is 126 Å². The Hall–Kier alpha value is -1.68. The molecular weight excluding hydrogens is 266 g/mol. The van der Waals surface area contributed by atoms with Crippen LogP contribution in [0, 0.1) is 6.92 Å². The second kappa shape index (κ2) is 8.57. The van der Waals surface area contributed by atoms with Gasteiger partial charge in [0, 0.05) is 11.6 Å². The Morgan fingerprint density at radius 3 is 2.33 bits per heavy atom. The van der Waals surface area contributed by atoms with Crippen LogP contribution in [0.25, 0.3) is 0 Å². The normalized spacial score (nSPS) is 13.5. The number of esters is 1. The van der Waals surface area contributed by atoms with Gasteiger partial charge in [-0.15, -0.1) is 0 Å². The average Bonchev–Trinajstić information content (AvgIpc) is 2.46. The first-order valence-electron chi connectivity index (χ1n) is 7.50. The maximum atomic E-state index is 12.6. The van der Waals surface area contributed by atoms with Gasteiger partial charge in [-0.3, -0.25) is 9.59 Å². The lowest BCUT2D eigenvalue weighted by Crippen LogP contribution is -2.43. The van der Waals surface area contributed by atoms with E-state index in [-0.39, 0.29) is 24.2 Å². The number of ether oxygens (including phenoxy) is 1. The van der Waals surface area contributed by atoms with Gasteiger partial charge in [-0.1, -0.05) is 36.8 Å². The highest BCUT2D eigenvalue weighted by Crippen LogP contribution is 2.10. The minimum absolute atomic E-state index is 0.0604. The number of ketones is 1. The largest absolute Gasteiger partial charge is 0.466 e. The van der Waals surface area contributed by atoms with Crippen LogP contribution < -0.4 is 5.32 Å². The molecule has 0 aliphatic heterocycles. The molecule has 0 amide bonds. The molecule has 0 aliphatic carbocycles. The zero-order valence-electron chi connectivity index (χ0n) is 13.3. The van der Waals surface area contributed by atoms with Crippen LogP contribution in [0.5, 0.6) is 0 Å². The van der Waals surface area contributed by atoms with E-state index in [1.165, 1.54) is 0 Å². The van der Waals surface area contributed by atoms with Crippen LogP contribution in [0.1, 0.15) is 49.5 Å². The summed E-state index contributed by atoms with van der Waals surface area (Å²) in [6.07, 6.45) is 0.950. The Kier molecular flexibility index (Phi) is 7.09. The highest BCUT2D eigenvalue weighted by Gasteiger charge is 2.24. The summed E-state index contributed by atoms with van der Waals surface area (Å²) < 4.78 is 4.96. The molecule has 0 bridgehead atoms. The van der Waals surface area contributed by atoms with Crippen molar-refractivity contribution >= 4 is 11.8 Å². The SMILES string of the molecule is CCOC(=O)CC(NC(C)CC)C(=O)c1ccc(C)cc1. The Morgan fingerprint density at radius 1 is 1.19 bits per heavy atom. The number of hydrogen-bond acceptors (Lipinski definition) is 4. The van der Waals surface area contributed by atoms with Crippen LogP contribution in [0.2, 0.25) is 0 Å². The van der Waals surface area contributed by atoms with E-state index in [0.717, 1.165) is 12.0 Å². The molecule has 2 atom stereocenters. The Morgan fingerprint density at radius 2 is 1.81 bits per heavy atom. The van der Waals surface area contributed by atoms with E-state index in [2.05, 4.69) is 5.32 Å². The predicted molar refractivity (Wildman–Crippen MR) is 83.4 cm³/mol. The van der Waals surface area contributed by atoms with E-state index in [1.54, 1.807) is 19.1 Å². The molecule has 116 valence electrons. The molecular formula is C17H25NO3. The number of hydrogen-bond donors (Lipinski definition) is 1. The second-order valence-corrected chi connectivity index (χ2v) is 5.27. The summed E-state index contributed by atoms with van der Waals surface area (Å²) in [6.45, 7) is 8.10. The molecule has 0 heterocycles. The second-order valence-electron chi connectivity index (χ2n) is 5.27. The van der Waals surface area contributed by atoms with Crippen molar-refractivity contribution in [2.24, 2.45) is 0 Å². The fourth-order valence-electron chi connectivity index (χ4n) is 1.99. The molecule has 1 aromatic carbocycles. The molecule has 4 nitrogen and oxygen atoms in total. The Balaban J connectivity index is 2.85. The van der Waals surface area contributed by atoms with Crippen molar-refractivity contribution in [1.29, 1.82) is 0 Å². The van der Waals surface area contributed by atoms with Crippen molar-refractivity contribution in [2.45, 2.75) is 52.6 Å². The lowest BCUT2D eigenvalue weighted by molar-refractivity contribution is -0.143. The molecule has 0 spiro atoms. The summed E-state index contributed by atoms with van der Waals surface area (Å²) in [5.41, 5.74) is 1.72. The lowest BCUT2D eigenvalue weighted by Gasteiger charge is -2.21. The van der Waals surface area contributed by atoms with Gasteiger partial charge < -0.3 is 10.1 Å². The van der Waals surface area contributed by atoms with Crippen molar-refractivity contribution in [1.82, 2.24) is 5.32 Å². The number of carbonyl (C=O) groups excluding carboxylic acids is 2. The fourth-order valence-corrected chi connectivity index (χ4v) is 1.99. The van der Waals surface area contributed by atoms with Crippen LogP contribution in [0.15, 0.2) is 24.3 Å². The van der Waals surface area contributed by atoms with Crippen molar-refractivity contribution in [2.75, 3.05) is 6.61 Å². The third-order valence-corrected chi connectivity index (χ3v) is 3.43. The van der Waals surface area contributed by atoms with Gasteiger partial charge in [0.15, 0.2) is 5.78 Å². The molecule has 2 unspecified atom stereocenters. The molecule has 0 radical (unpaired) electrons. The van der Waals surface area contributed by atoms with Gasteiger partial charge >= 0.3 is 5.97 Å². The van der Waals surface area contributed by atoms with Crippen LogP contribution in [-0.4, -0.2) is 30.4 Å². The van der Waals surface area contributed by atoms with E-state index in [4.69, 9.17) is 4.74 Å². The van der Waals surface area contributed by atoms with Crippen LogP contribution in [0.4, 0.5) is 0 Å². The van der Waals surface area contributed by atoms with Crippen LogP contribution >= 0.6 is 0 Å². The van der Waals surface area contributed by atoms with E-state index in [9.17, 15) is 9.59 Å². The summed E-state index contributed by atoms with van der Waals surface area (Å²) >= 11 is 0. The zero-order valence-corrected chi connectivity index (χ0v) is 13.3. The molecule has 0 aliphatic rings. The topological polar surface area (TPSA) is 55.4 Å². The van der Waals surface area contributed by atoms with Crippen LogP contribution in [-0.2, 0) is 9.53 Å². The van der Waals surface area contributed by atoms with Crippen LogP contribution in [0.3, 0.4) is 0 Å². The summed E-state index contributed by atoms with van der Waals surface area (Å²) in [7, 11) is 0. The molecule has 21 heavy (non-hydrogen) atoms. The zero-order chi connectivity index (χ0) is 15.8. The van der Waals surface area contributed by atoms with Gasteiger partial charge in [0.05, 0.1) is 19.1 Å². The standard InChI is InChI=1S/C17H25NO3/c1-5-13(4)18-15(11-16(19)21-6-2)17(20)14-9-7-12(3)8-10-14/h7-10,13,15,18H,5-6,11H2,1-4H3. The molecule has 0 fully saturated rings. The molecule has 1 rings (SSSR count). The molecule has 4 heteroatoms. The number of aryl methyl sites for hydroxylation is 1. The molecule has 1 N–H and O–H groups in total. The summed E-state index contributed by atoms with van der Waals surface area (Å²) in [5.74, 6) is -0.415. The van der Waals surface area contributed by atoms with E-state index < -0.39 is 6.04 Å². The minimum atomic E-state index is -0.540. The number of rotatable bonds is 8. The summed E-state index contributed by atoms with van der Waals surface area (Å²) in [4.78, 5) is 24.3. The maximum absolute atomic E-state index is 12.6. The number of carbonyl (C=O) groups is 2. The van der Waals surface area contributed by atoms with E-state index in [1.807, 2.05) is 32.9 Å². The number of Topliss-reactive ketones (excluding diaryl/α,β-unsaturated/α-hetero) is 1. The molecule has 0 saturated carbocycles. The van der Waals surface area contributed by atoms with E-state index in [0.29, 0.717) is 12.2 Å². The average molecular weight is 291 g/mol. The van der Waals surface area contributed by atoms with Gasteiger partial charge in [-0.25, -0.2) is 0 Å². The third kappa shape index (κ3) is 5.68. The first-order valence-corrected chi connectivity index (χ1v) is 7.50. The lowest BCUT2D eigenvalue weighted by atomic mass is 9.99. The first-order chi connectivity index (χ1) is 9.97. The van der Waals surface area contributed by atoms with Crippen molar-refractivity contribution in [3.63, 3.8) is 0 Å². The van der Waals surface area contributed by atoms with Gasteiger partial charge in [-0.05, 0) is 27.2 Å². The van der Waals surface area contributed by atoms with Gasteiger partial charge in [-0.2, -0.15) is 0 Å². The quantitative estimate of drug-likeness (QED) is 0.591. The molecule has 0 aromatic heterocycles. The van der Waals surface area contributed by atoms with Crippen molar-refractivity contribution in [3.8, 4) is 0 Å². The fraction of sp³-hybridized carbons (Fsp3) is 0.529.